The van der Waals surface area contributed by atoms with Crippen molar-refractivity contribution in [1.82, 2.24) is 0 Å². The number of hydrogen-bond donors (Lipinski definition) is 0. The Morgan fingerprint density at radius 2 is 0.963 bits per heavy atom. The highest BCUT2D eigenvalue weighted by Gasteiger charge is 2.54. The molecule has 0 saturated heterocycles. The molecule has 16 rings (SSSR count). The molecule has 1 aromatic heterocycles. The normalized spacial score (nSPS) is 16.9. The second kappa shape index (κ2) is 17.5. The number of para-hydroxylation sites is 2. The molecule has 1 spiro atoms. The van der Waals surface area contributed by atoms with Gasteiger partial charge in [-0.1, -0.05) is 227 Å². The van der Waals surface area contributed by atoms with Gasteiger partial charge in [0.05, 0.1) is 5.41 Å². The Balaban J connectivity index is 0.848. The standard InChI is InChI=1S/C77H53NO2/c1-48-55(21-15-16-46-79-71-33-14-10-22-56(48)71)50-34-38-52(39-35-50)78(54-42-43-61-59-23-7-11-29-66(59)76(2,3)70(61)47-54)53-40-36-51(37-41-53)57-26-18-32-69-72(57)65-25-9-13-31-68(65)77(69)67-30-12-8-24-60(67)62-44-45-64-63-28-17-27-58(49-19-5-4-6-20-49)74(63)80-75(64)73(62)77/h4-45,47H,1,46H2,2-3H3/b16-15-,55-21+. The van der Waals surface area contributed by atoms with Crippen LogP contribution >= 0.6 is 0 Å². The fourth-order valence-electron chi connectivity index (χ4n) is 14.2. The minimum atomic E-state index is -0.622. The Bertz CT molecular complexity index is 4630. The summed E-state index contributed by atoms with van der Waals surface area (Å²) in [6.45, 7) is 9.83. The maximum atomic E-state index is 7.35. The molecule has 4 aliphatic rings. The molecule has 0 radical (unpaired) electrons. The Hall–Kier alpha value is -9.96. The van der Waals surface area contributed by atoms with Crippen molar-refractivity contribution in [1.29, 1.82) is 0 Å². The predicted molar refractivity (Wildman–Crippen MR) is 331 cm³/mol. The number of fused-ring (bicyclic) bond motifs is 18. The molecule has 3 aliphatic carbocycles. The lowest BCUT2D eigenvalue weighted by Gasteiger charge is -2.30. The van der Waals surface area contributed by atoms with E-state index < -0.39 is 5.41 Å². The monoisotopic (exact) mass is 1020 g/mol. The predicted octanol–water partition coefficient (Wildman–Crippen LogP) is 20.1. The van der Waals surface area contributed by atoms with E-state index >= 15 is 0 Å². The van der Waals surface area contributed by atoms with Gasteiger partial charge in [0, 0.05) is 49.9 Å². The Morgan fingerprint density at radius 3 is 1.74 bits per heavy atom. The molecule has 0 amide bonds. The Labute approximate surface area is 466 Å². The number of rotatable bonds is 6. The minimum Gasteiger partial charge on any atom is -0.489 e. The van der Waals surface area contributed by atoms with Crippen molar-refractivity contribution < 1.29 is 9.15 Å². The summed E-state index contributed by atoms with van der Waals surface area (Å²) in [5.41, 5.74) is 28.3. The lowest BCUT2D eigenvalue weighted by atomic mass is 9.70. The summed E-state index contributed by atoms with van der Waals surface area (Å²) in [5, 5.41) is 2.26. The van der Waals surface area contributed by atoms with E-state index in [1.807, 2.05) is 18.2 Å². The minimum absolute atomic E-state index is 0.165. The van der Waals surface area contributed by atoms with Crippen molar-refractivity contribution in [3.63, 3.8) is 0 Å². The lowest BCUT2D eigenvalue weighted by Crippen LogP contribution is -2.26. The molecule has 0 fully saturated rings. The van der Waals surface area contributed by atoms with Gasteiger partial charge in [0.25, 0.3) is 0 Å². The number of hydrogen-bond acceptors (Lipinski definition) is 3. The zero-order valence-corrected chi connectivity index (χ0v) is 44.5. The van der Waals surface area contributed by atoms with Crippen molar-refractivity contribution in [2.75, 3.05) is 11.5 Å². The first-order valence-corrected chi connectivity index (χ1v) is 27.8. The molecule has 0 bridgehead atoms. The van der Waals surface area contributed by atoms with Gasteiger partial charge < -0.3 is 14.1 Å². The zero-order valence-electron chi connectivity index (χ0n) is 44.5. The van der Waals surface area contributed by atoms with Crippen LogP contribution in [0.1, 0.15) is 58.4 Å². The smallest absolute Gasteiger partial charge is 0.143 e. The third-order valence-corrected chi connectivity index (χ3v) is 17.8. The SMILES string of the molecule is C=C1/C(c2ccc(N(c3ccc(-c4cccc5c4-c4ccccc4C54c5ccccc5-c5ccc6c(oc7c(-c8ccccc8)cccc76)c54)cc3)c3ccc4c(c3)C(C)(C)c3ccccc3-4)cc2)=C\C=C/COc2ccccc21. The van der Waals surface area contributed by atoms with Gasteiger partial charge in [0.2, 0.25) is 0 Å². The molecule has 11 aromatic carbocycles. The van der Waals surface area contributed by atoms with E-state index in [-0.39, 0.29) is 5.41 Å². The molecule has 80 heavy (non-hydrogen) atoms. The number of ether oxygens (including phenoxy) is 1. The molecular formula is C77H53NO2. The van der Waals surface area contributed by atoms with Crippen molar-refractivity contribution >= 4 is 50.1 Å². The van der Waals surface area contributed by atoms with E-state index in [2.05, 4.69) is 268 Å². The fraction of sp³-hybridized carbons (Fsp3) is 0.0649. The molecule has 378 valence electrons. The van der Waals surface area contributed by atoms with Gasteiger partial charge >= 0.3 is 0 Å². The summed E-state index contributed by atoms with van der Waals surface area (Å²) < 4.78 is 13.5. The molecule has 1 atom stereocenters. The summed E-state index contributed by atoms with van der Waals surface area (Å²) in [4.78, 5) is 2.41. The van der Waals surface area contributed by atoms with Crippen LogP contribution in [0.3, 0.4) is 0 Å². The van der Waals surface area contributed by atoms with Gasteiger partial charge in [0.1, 0.15) is 23.5 Å². The number of furan rings is 1. The average Bonchev–Trinajstić information content (AvgIpc) is 4.15. The van der Waals surface area contributed by atoms with E-state index in [1.54, 1.807) is 0 Å². The van der Waals surface area contributed by atoms with Crippen LogP contribution in [0.2, 0.25) is 0 Å². The largest absolute Gasteiger partial charge is 0.489 e. The number of anilines is 3. The van der Waals surface area contributed by atoms with E-state index in [0.29, 0.717) is 6.61 Å². The summed E-state index contributed by atoms with van der Waals surface area (Å²) in [7, 11) is 0. The molecule has 1 aliphatic heterocycles. The van der Waals surface area contributed by atoms with Gasteiger partial charge in [-0.3, -0.25) is 0 Å². The van der Waals surface area contributed by atoms with Crippen LogP contribution < -0.4 is 9.64 Å². The maximum Gasteiger partial charge on any atom is 0.143 e. The van der Waals surface area contributed by atoms with Gasteiger partial charge in [0.15, 0.2) is 0 Å². The van der Waals surface area contributed by atoms with Crippen LogP contribution in [0.5, 0.6) is 5.75 Å². The lowest BCUT2D eigenvalue weighted by molar-refractivity contribution is 0.362. The highest BCUT2D eigenvalue weighted by molar-refractivity contribution is 6.14. The van der Waals surface area contributed by atoms with Gasteiger partial charge in [-0.25, -0.2) is 0 Å². The number of allylic oxidation sites excluding steroid dienone is 4. The van der Waals surface area contributed by atoms with Gasteiger partial charge in [-0.05, 0) is 149 Å². The van der Waals surface area contributed by atoms with E-state index in [0.717, 1.165) is 83.7 Å². The quantitative estimate of drug-likeness (QED) is 0.166. The van der Waals surface area contributed by atoms with E-state index in [9.17, 15) is 0 Å². The van der Waals surface area contributed by atoms with Crippen LogP contribution in [0, 0.1) is 0 Å². The van der Waals surface area contributed by atoms with Crippen LogP contribution in [-0.4, -0.2) is 6.61 Å². The molecule has 0 N–H and O–H groups in total. The van der Waals surface area contributed by atoms with E-state index in [4.69, 9.17) is 9.15 Å². The van der Waals surface area contributed by atoms with Crippen molar-refractivity contribution in [2.45, 2.75) is 24.7 Å². The molecule has 3 heteroatoms. The van der Waals surface area contributed by atoms with Crippen LogP contribution in [0.4, 0.5) is 17.1 Å². The summed E-state index contributed by atoms with van der Waals surface area (Å²) >= 11 is 0. The summed E-state index contributed by atoms with van der Waals surface area (Å²) in [6, 6.07) is 89.3. The molecule has 3 nitrogen and oxygen atoms in total. The first-order chi connectivity index (χ1) is 39.4. The van der Waals surface area contributed by atoms with Crippen LogP contribution in [0.25, 0.3) is 88.7 Å². The Morgan fingerprint density at radius 1 is 0.412 bits per heavy atom. The third-order valence-electron chi connectivity index (χ3n) is 17.8. The first-order valence-electron chi connectivity index (χ1n) is 27.8. The highest BCUT2D eigenvalue weighted by atomic mass is 16.5. The third kappa shape index (κ3) is 6.55. The molecule has 1 unspecified atom stereocenters. The van der Waals surface area contributed by atoms with Crippen molar-refractivity contribution in [3.8, 4) is 61.4 Å². The highest BCUT2D eigenvalue weighted by Crippen LogP contribution is 2.66. The van der Waals surface area contributed by atoms with Crippen LogP contribution in [0.15, 0.2) is 272 Å². The van der Waals surface area contributed by atoms with Gasteiger partial charge in [-0.15, -0.1) is 0 Å². The van der Waals surface area contributed by atoms with Crippen molar-refractivity contribution in [2.24, 2.45) is 0 Å². The Kier molecular flexibility index (Phi) is 10.1. The number of nitrogens with zero attached hydrogens (tertiary/aromatic N) is 1. The second-order valence-corrected chi connectivity index (χ2v) is 22.2. The summed E-state index contributed by atoms with van der Waals surface area (Å²) in [6.07, 6.45) is 6.29. The summed E-state index contributed by atoms with van der Waals surface area (Å²) in [5.74, 6) is 0.836. The maximum absolute atomic E-state index is 7.35. The molecular weight excluding hydrogens is 971 g/mol. The second-order valence-electron chi connectivity index (χ2n) is 22.2. The van der Waals surface area contributed by atoms with Gasteiger partial charge in [-0.2, -0.15) is 0 Å². The van der Waals surface area contributed by atoms with Crippen molar-refractivity contribution in [3.05, 3.63) is 312 Å². The molecule has 12 aromatic rings. The van der Waals surface area contributed by atoms with E-state index in [1.165, 1.54) is 72.3 Å². The zero-order chi connectivity index (χ0) is 53.3. The number of benzene rings is 11. The van der Waals surface area contributed by atoms with Crippen LogP contribution in [-0.2, 0) is 10.8 Å². The first kappa shape index (κ1) is 46.2. The molecule has 2 heterocycles. The average molecular weight is 1020 g/mol. The molecule has 0 saturated carbocycles. The fourth-order valence-corrected chi connectivity index (χ4v) is 14.2. The topological polar surface area (TPSA) is 25.6 Å².